The van der Waals surface area contributed by atoms with Crippen LogP contribution in [0.4, 0.5) is 10.5 Å². The van der Waals surface area contributed by atoms with Gasteiger partial charge >= 0.3 is 6.03 Å². The van der Waals surface area contributed by atoms with Gasteiger partial charge in [0.2, 0.25) is 10.0 Å². The first-order valence-corrected chi connectivity index (χ1v) is 16.3. The van der Waals surface area contributed by atoms with Gasteiger partial charge in [-0.2, -0.15) is 0 Å². The molecule has 2 fully saturated rings. The van der Waals surface area contributed by atoms with E-state index in [1.54, 1.807) is 24.4 Å². The summed E-state index contributed by atoms with van der Waals surface area (Å²) in [4.78, 5) is 21.9. The highest BCUT2D eigenvalue weighted by atomic mass is 35.5. The minimum absolute atomic E-state index is 0.0851. The number of sulfonamides is 1. The number of hydrogen-bond acceptors (Lipinski definition) is 6. The van der Waals surface area contributed by atoms with Crippen molar-refractivity contribution < 1.29 is 22.7 Å². The molecule has 222 valence electrons. The number of anilines is 1. The zero-order valence-electron chi connectivity index (χ0n) is 23.7. The number of carbonyl (C=O) groups excluding carboxylic acids is 1. The molecule has 4 heterocycles. The average Bonchev–Trinajstić information content (AvgIpc) is 3.48. The van der Waals surface area contributed by atoms with E-state index in [9.17, 15) is 13.2 Å². The molecule has 5 rings (SSSR count). The topological polar surface area (TPSA) is 97.2 Å². The number of fused-ring (bicyclic) bond motifs is 1. The summed E-state index contributed by atoms with van der Waals surface area (Å²) in [6.07, 6.45) is 8.16. The predicted molar refractivity (Wildman–Crippen MR) is 161 cm³/mol. The number of unbranched alkanes of at least 4 members (excludes halogenated alkanes) is 2. The van der Waals surface area contributed by atoms with Gasteiger partial charge in [-0.3, -0.25) is 4.90 Å². The number of nitrogens with zero attached hydrogens (tertiary/aromatic N) is 5. The standard InChI is InChI=1S/C29H38ClN5O5S/c1-3-4-5-17-40-26-19-23(8-9-25(26)39-2)35-14-6-12-33(29(35)36)20-22-10-11-31-28-27(22)24(30)21-32(28)15-16-34-13-7-18-41(34,37)38/h8-11,19,21H,3-7,12-18,20H2,1-2H3. The fraction of sp³-hybridized carbons (Fsp3) is 0.517. The zero-order valence-corrected chi connectivity index (χ0v) is 25.3. The lowest BCUT2D eigenvalue weighted by Gasteiger charge is -2.36. The molecule has 2 aliphatic rings. The first-order valence-electron chi connectivity index (χ1n) is 14.3. The van der Waals surface area contributed by atoms with Crippen LogP contribution in [0.5, 0.6) is 11.5 Å². The van der Waals surface area contributed by atoms with Gasteiger partial charge in [0.15, 0.2) is 11.5 Å². The van der Waals surface area contributed by atoms with Crippen LogP contribution in [0.3, 0.4) is 0 Å². The molecule has 2 aromatic heterocycles. The van der Waals surface area contributed by atoms with E-state index in [2.05, 4.69) is 11.9 Å². The number of benzene rings is 1. The number of carbonyl (C=O) groups is 1. The second-order valence-electron chi connectivity index (χ2n) is 10.5. The van der Waals surface area contributed by atoms with Crippen LogP contribution in [-0.2, 0) is 23.1 Å². The van der Waals surface area contributed by atoms with E-state index in [-0.39, 0.29) is 11.8 Å². The maximum Gasteiger partial charge on any atom is 0.324 e. The lowest BCUT2D eigenvalue weighted by molar-refractivity contribution is 0.192. The van der Waals surface area contributed by atoms with Crippen LogP contribution in [0, 0.1) is 0 Å². The molecule has 1 aromatic carbocycles. The Morgan fingerprint density at radius 2 is 1.90 bits per heavy atom. The molecule has 0 atom stereocenters. The van der Waals surface area contributed by atoms with Gasteiger partial charge in [0.25, 0.3) is 0 Å². The number of ether oxygens (including phenoxy) is 2. The van der Waals surface area contributed by atoms with Crippen LogP contribution in [-0.4, -0.2) is 78.9 Å². The van der Waals surface area contributed by atoms with Crippen LogP contribution >= 0.6 is 11.6 Å². The Bertz CT molecular complexity index is 1490. The molecule has 0 radical (unpaired) electrons. The first kappa shape index (κ1) is 29.5. The Morgan fingerprint density at radius 1 is 1.05 bits per heavy atom. The van der Waals surface area contributed by atoms with Gasteiger partial charge in [0.05, 0.1) is 24.5 Å². The Balaban J connectivity index is 1.32. The van der Waals surface area contributed by atoms with E-state index in [0.29, 0.717) is 74.5 Å². The highest BCUT2D eigenvalue weighted by molar-refractivity contribution is 7.89. The lowest BCUT2D eigenvalue weighted by Crippen LogP contribution is -2.49. The number of aromatic nitrogens is 2. The summed E-state index contributed by atoms with van der Waals surface area (Å²) in [6, 6.07) is 7.43. The maximum absolute atomic E-state index is 13.7. The summed E-state index contributed by atoms with van der Waals surface area (Å²) in [5.41, 5.74) is 2.36. The van der Waals surface area contributed by atoms with Gasteiger partial charge in [0.1, 0.15) is 5.65 Å². The summed E-state index contributed by atoms with van der Waals surface area (Å²) in [5.74, 6) is 1.48. The van der Waals surface area contributed by atoms with Crippen LogP contribution in [0.25, 0.3) is 11.0 Å². The van der Waals surface area contributed by atoms with Crippen molar-refractivity contribution in [2.24, 2.45) is 0 Å². The SMILES string of the molecule is CCCCCOc1cc(N2CCCN(Cc3ccnc4c3c(Cl)cn4CCN3CCCS3(=O)=O)C2=O)ccc1OC. The smallest absolute Gasteiger partial charge is 0.324 e. The largest absolute Gasteiger partial charge is 0.493 e. The third-order valence-electron chi connectivity index (χ3n) is 7.73. The molecule has 0 aliphatic carbocycles. The highest BCUT2D eigenvalue weighted by Crippen LogP contribution is 2.34. The van der Waals surface area contributed by atoms with E-state index in [1.807, 2.05) is 33.7 Å². The number of hydrogen-bond donors (Lipinski definition) is 0. The normalized spacial score (nSPS) is 17.5. The highest BCUT2D eigenvalue weighted by Gasteiger charge is 2.30. The molecule has 0 unspecified atom stereocenters. The Morgan fingerprint density at radius 3 is 2.66 bits per heavy atom. The predicted octanol–water partition coefficient (Wildman–Crippen LogP) is 5.14. The van der Waals surface area contributed by atoms with E-state index >= 15 is 0 Å². The number of amides is 2. The molecule has 3 aromatic rings. The van der Waals surface area contributed by atoms with E-state index in [1.165, 1.54) is 4.31 Å². The number of methoxy groups -OCH3 is 1. The molecule has 0 saturated carbocycles. The second-order valence-corrected chi connectivity index (χ2v) is 13.0. The third kappa shape index (κ3) is 6.42. The van der Waals surface area contributed by atoms with Crippen molar-refractivity contribution in [3.8, 4) is 11.5 Å². The van der Waals surface area contributed by atoms with Gasteiger partial charge in [-0.15, -0.1) is 0 Å². The Labute approximate surface area is 246 Å². The van der Waals surface area contributed by atoms with Crippen LogP contribution < -0.4 is 14.4 Å². The molecule has 0 bridgehead atoms. The fourth-order valence-corrected chi connectivity index (χ4v) is 7.39. The number of pyridine rings is 1. The first-order chi connectivity index (χ1) is 19.8. The zero-order chi connectivity index (χ0) is 29.0. The number of urea groups is 1. The average molecular weight is 604 g/mol. The number of halogens is 1. The summed E-state index contributed by atoms with van der Waals surface area (Å²) >= 11 is 6.69. The minimum Gasteiger partial charge on any atom is -0.493 e. The van der Waals surface area contributed by atoms with E-state index in [4.69, 9.17) is 21.1 Å². The Hall–Kier alpha value is -3.02. The van der Waals surface area contributed by atoms with Crippen molar-refractivity contribution in [2.75, 3.05) is 50.5 Å². The molecular formula is C29H38ClN5O5S. The van der Waals surface area contributed by atoms with Crippen LogP contribution in [0.15, 0.2) is 36.7 Å². The molecule has 10 nitrogen and oxygen atoms in total. The molecule has 41 heavy (non-hydrogen) atoms. The molecule has 2 saturated heterocycles. The molecule has 0 spiro atoms. The second kappa shape index (κ2) is 12.9. The summed E-state index contributed by atoms with van der Waals surface area (Å²) in [5, 5.41) is 1.32. The van der Waals surface area contributed by atoms with Crippen molar-refractivity contribution in [1.29, 1.82) is 0 Å². The molecule has 0 N–H and O–H groups in total. The summed E-state index contributed by atoms with van der Waals surface area (Å²) in [7, 11) is -1.56. The van der Waals surface area contributed by atoms with Gasteiger partial charge in [-0.1, -0.05) is 31.4 Å². The maximum atomic E-state index is 13.7. The van der Waals surface area contributed by atoms with E-state index in [0.717, 1.165) is 42.3 Å². The Kier molecular flexibility index (Phi) is 9.25. The van der Waals surface area contributed by atoms with E-state index < -0.39 is 10.0 Å². The molecule has 2 aliphatic heterocycles. The molecular weight excluding hydrogens is 566 g/mol. The van der Waals surface area contributed by atoms with Crippen molar-refractivity contribution in [1.82, 2.24) is 18.8 Å². The van der Waals surface area contributed by atoms with Gasteiger partial charge < -0.3 is 18.9 Å². The van der Waals surface area contributed by atoms with Crippen LogP contribution in [0.2, 0.25) is 5.02 Å². The van der Waals surface area contributed by atoms with Gasteiger partial charge in [0, 0.05) is 68.8 Å². The van der Waals surface area contributed by atoms with Gasteiger partial charge in [-0.05, 0) is 43.0 Å². The number of rotatable bonds is 12. The van der Waals surface area contributed by atoms with Crippen molar-refractivity contribution >= 4 is 44.4 Å². The van der Waals surface area contributed by atoms with Crippen molar-refractivity contribution in [2.45, 2.75) is 52.1 Å². The fourth-order valence-electron chi connectivity index (χ4n) is 5.55. The summed E-state index contributed by atoms with van der Waals surface area (Å²) in [6.45, 7) is 5.74. The van der Waals surface area contributed by atoms with Gasteiger partial charge in [-0.25, -0.2) is 22.5 Å². The quantitative estimate of drug-likeness (QED) is 0.266. The minimum atomic E-state index is -3.18. The van der Waals surface area contributed by atoms with Crippen LogP contribution in [0.1, 0.15) is 44.6 Å². The molecule has 12 heteroatoms. The third-order valence-corrected chi connectivity index (χ3v) is 9.97. The van der Waals surface area contributed by atoms with Crippen molar-refractivity contribution in [3.05, 3.63) is 47.2 Å². The summed E-state index contributed by atoms with van der Waals surface area (Å²) < 4.78 is 39.4. The molecule has 2 amide bonds. The van der Waals surface area contributed by atoms with Crippen molar-refractivity contribution in [3.63, 3.8) is 0 Å². The lowest BCUT2D eigenvalue weighted by atomic mass is 10.1. The monoisotopic (exact) mass is 603 g/mol.